The minimum atomic E-state index is -0.438. The van der Waals surface area contributed by atoms with E-state index in [1.54, 1.807) is 11.0 Å². The van der Waals surface area contributed by atoms with Crippen LogP contribution in [0.3, 0.4) is 0 Å². The fraction of sp³-hybridized carbons (Fsp3) is 0.407. The predicted molar refractivity (Wildman–Crippen MR) is 143 cm³/mol. The molecule has 188 valence electrons. The van der Waals surface area contributed by atoms with Crippen LogP contribution in [-0.2, 0) is 0 Å². The maximum Gasteiger partial charge on any atom is 0.319 e. The topological polar surface area (TPSA) is 95.1 Å². The first-order chi connectivity index (χ1) is 17.6. The number of amides is 2. The van der Waals surface area contributed by atoms with E-state index in [0.29, 0.717) is 25.3 Å². The zero-order valence-electron chi connectivity index (χ0n) is 20.3. The Morgan fingerprint density at radius 3 is 2.72 bits per heavy atom. The molecule has 0 aliphatic carbocycles. The van der Waals surface area contributed by atoms with Gasteiger partial charge in [0.05, 0.1) is 11.6 Å². The minimum Gasteiger partial charge on any atom is -0.486 e. The van der Waals surface area contributed by atoms with Gasteiger partial charge in [-0.2, -0.15) is 5.26 Å². The number of hydrogen-bond acceptors (Lipinski definition) is 7. The summed E-state index contributed by atoms with van der Waals surface area (Å²) in [5, 5.41) is 10.9. The molecule has 1 saturated heterocycles. The lowest BCUT2D eigenvalue weighted by atomic mass is 10.2. The standard InChI is InChI=1S/C27H31N5O3S/c28-19-20-4-7-25-21(16-20)17-26(36-25)32(27(29)33)11-2-1-8-30-9-3-10-31(13-12-30)22-5-6-23-24(18-22)35-15-14-34-23/h4-7,16-18H,1-3,8-15H2,(H2,29,33). The summed E-state index contributed by atoms with van der Waals surface area (Å²) in [6, 6.07) is 15.5. The van der Waals surface area contributed by atoms with Crippen molar-refractivity contribution in [3.05, 3.63) is 48.0 Å². The van der Waals surface area contributed by atoms with E-state index in [-0.39, 0.29) is 0 Å². The summed E-state index contributed by atoms with van der Waals surface area (Å²) in [6.07, 6.45) is 2.98. The zero-order valence-corrected chi connectivity index (χ0v) is 21.1. The fourth-order valence-electron chi connectivity index (χ4n) is 4.85. The number of fused-ring (bicyclic) bond motifs is 2. The third kappa shape index (κ3) is 5.50. The first-order valence-corrected chi connectivity index (χ1v) is 13.3. The van der Waals surface area contributed by atoms with Gasteiger partial charge in [-0.1, -0.05) is 0 Å². The van der Waals surface area contributed by atoms with Crippen molar-refractivity contribution >= 4 is 38.1 Å². The average molecular weight is 506 g/mol. The number of hydrogen-bond donors (Lipinski definition) is 1. The lowest BCUT2D eigenvalue weighted by molar-refractivity contribution is 0.171. The Morgan fingerprint density at radius 2 is 1.89 bits per heavy atom. The molecule has 2 N–H and O–H groups in total. The smallest absolute Gasteiger partial charge is 0.319 e. The van der Waals surface area contributed by atoms with Gasteiger partial charge in [-0.25, -0.2) is 4.79 Å². The van der Waals surface area contributed by atoms with E-state index >= 15 is 0 Å². The summed E-state index contributed by atoms with van der Waals surface area (Å²) in [5.41, 5.74) is 7.51. The molecule has 9 heteroatoms. The van der Waals surface area contributed by atoms with Crippen molar-refractivity contribution in [3.8, 4) is 17.6 Å². The highest BCUT2D eigenvalue weighted by Gasteiger charge is 2.19. The highest BCUT2D eigenvalue weighted by molar-refractivity contribution is 7.23. The minimum absolute atomic E-state index is 0.438. The molecule has 2 aliphatic rings. The summed E-state index contributed by atoms with van der Waals surface area (Å²) in [6.45, 7) is 6.86. The Labute approximate surface area is 215 Å². The van der Waals surface area contributed by atoms with Crippen LogP contribution in [0.2, 0.25) is 0 Å². The number of nitrogens with two attached hydrogens (primary N) is 1. The predicted octanol–water partition coefficient (Wildman–Crippen LogP) is 4.42. The second-order valence-electron chi connectivity index (χ2n) is 9.16. The molecule has 3 heterocycles. The van der Waals surface area contributed by atoms with Crippen LogP contribution >= 0.6 is 11.3 Å². The van der Waals surface area contributed by atoms with Crippen molar-refractivity contribution in [1.29, 1.82) is 5.26 Å². The van der Waals surface area contributed by atoms with Crippen molar-refractivity contribution in [2.24, 2.45) is 5.73 Å². The number of unbranched alkanes of at least 4 members (excludes halogenated alkanes) is 1. The molecular formula is C27H31N5O3S. The molecule has 8 nitrogen and oxygen atoms in total. The van der Waals surface area contributed by atoms with Crippen molar-refractivity contribution in [3.63, 3.8) is 0 Å². The Bertz CT molecular complexity index is 1270. The SMILES string of the molecule is N#Cc1ccc2sc(N(CCCCN3CCCN(c4ccc5c(c4)OCCO5)CC3)C(N)=O)cc2c1. The molecule has 1 fully saturated rings. The van der Waals surface area contributed by atoms with E-state index in [4.69, 9.17) is 20.5 Å². The van der Waals surface area contributed by atoms with Gasteiger partial charge in [0.25, 0.3) is 0 Å². The van der Waals surface area contributed by atoms with Crippen molar-refractivity contribution in [2.75, 3.05) is 62.3 Å². The molecule has 0 atom stereocenters. The van der Waals surface area contributed by atoms with Crippen LogP contribution < -0.4 is 25.0 Å². The maximum atomic E-state index is 12.2. The van der Waals surface area contributed by atoms with Crippen LogP contribution in [0.4, 0.5) is 15.5 Å². The molecule has 1 aromatic heterocycles. The van der Waals surface area contributed by atoms with E-state index in [1.807, 2.05) is 24.3 Å². The normalized spacial score (nSPS) is 15.9. The number of anilines is 2. The van der Waals surface area contributed by atoms with Crippen molar-refractivity contribution in [1.82, 2.24) is 4.90 Å². The molecular weight excluding hydrogens is 474 g/mol. The fourth-order valence-corrected chi connectivity index (χ4v) is 5.92. The molecule has 2 aromatic carbocycles. The van der Waals surface area contributed by atoms with Gasteiger partial charge in [0, 0.05) is 42.6 Å². The number of ether oxygens (including phenoxy) is 2. The number of primary amides is 1. The number of nitrogens with zero attached hydrogens (tertiary/aromatic N) is 4. The molecule has 0 bridgehead atoms. The molecule has 3 aromatic rings. The summed E-state index contributed by atoms with van der Waals surface area (Å²) >= 11 is 1.53. The summed E-state index contributed by atoms with van der Waals surface area (Å²) < 4.78 is 12.5. The molecule has 2 aliphatic heterocycles. The van der Waals surface area contributed by atoms with Gasteiger partial charge in [0.1, 0.15) is 18.2 Å². The maximum absolute atomic E-state index is 12.2. The van der Waals surface area contributed by atoms with Crippen LogP contribution in [0.25, 0.3) is 10.1 Å². The second-order valence-corrected chi connectivity index (χ2v) is 10.2. The molecule has 0 radical (unpaired) electrons. The molecule has 36 heavy (non-hydrogen) atoms. The third-order valence-electron chi connectivity index (χ3n) is 6.75. The number of nitriles is 1. The van der Waals surface area contributed by atoms with Gasteiger partial charge in [-0.05, 0) is 74.1 Å². The van der Waals surface area contributed by atoms with Crippen molar-refractivity contribution < 1.29 is 14.3 Å². The summed E-state index contributed by atoms with van der Waals surface area (Å²) in [7, 11) is 0. The molecule has 0 spiro atoms. The van der Waals surface area contributed by atoms with Crippen LogP contribution in [0.5, 0.6) is 11.5 Å². The zero-order chi connectivity index (χ0) is 24.9. The van der Waals surface area contributed by atoms with Crippen LogP contribution in [-0.4, -0.2) is 63.4 Å². The first-order valence-electron chi connectivity index (χ1n) is 12.5. The molecule has 5 rings (SSSR count). The number of benzene rings is 2. The quantitative estimate of drug-likeness (QED) is 0.478. The lowest BCUT2D eigenvalue weighted by Gasteiger charge is -2.26. The number of urea groups is 1. The number of carbonyl (C=O) groups excluding carboxylic acids is 1. The number of thiophene rings is 1. The van der Waals surface area contributed by atoms with Gasteiger partial charge < -0.3 is 25.0 Å². The summed E-state index contributed by atoms with van der Waals surface area (Å²) in [4.78, 5) is 18.8. The molecule has 2 amide bonds. The van der Waals surface area contributed by atoms with Gasteiger partial charge >= 0.3 is 6.03 Å². The van der Waals surface area contributed by atoms with E-state index in [9.17, 15) is 4.79 Å². The van der Waals surface area contributed by atoms with Gasteiger partial charge in [-0.15, -0.1) is 11.3 Å². The van der Waals surface area contributed by atoms with E-state index in [0.717, 1.165) is 78.6 Å². The largest absolute Gasteiger partial charge is 0.486 e. The van der Waals surface area contributed by atoms with E-state index in [2.05, 4.69) is 28.0 Å². The Morgan fingerprint density at radius 1 is 1.03 bits per heavy atom. The Balaban J connectivity index is 1.12. The van der Waals surface area contributed by atoms with E-state index < -0.39 is 6.03 Å². The highest BCUT2D eigenvalue weighted by atomic mass is 32.1. The Hall–Kier alpha value is -3.48. The lowest BCUT2D eigenvalue weighted by Crippen LogP contribution is -2.36. The van der Waals surface area contributed by atoms with Gasteiger partial charge in [0.2, 0.25) is 0 Å². The van der Waals surface area contributed by atoms with Crippen molar-refractivity contribution in [2.45, 2.75) is 19.3 Å². The van der Waals surface area contributed by atoms with Gasteiger partial charge in [-0.3, -0.25) is 4.90 Å². The summed E-state index contributed by atoms with van der Waals surface area (Å²) in [5.74, 6) is 1.66. The highest BCUT2D eigenvalue weighted by Crippen LogP contribution is 2.35. The van der Waals surface area contributed by atoms with Crippen LogP contribution in [0.15, 0.2) is 42.5 Å². The van der Waals surface area contributed by atoms with E-state index in [1.165, 1.54) is 17.0 Å². The second kappa shape index (κ2) is 11.1. The Kier molecular flexibility index (Phi) is 7.44. The molecule has 0 unspecified atom stereocenters. The number of rotatable bonds is 7. The monoisotopic (exact) mass is 505 g/mol. The van der Waals surface area contributed by atoms with Crippen LogP contribution in [0.1, 0.15) is 24.8 Å². The molecule has 0 saturated carbocycles. The average Bonchev–Trinajstić information content (AvgIpc) is 3.17. The number of carbonyl (C=O) groups is 1. The first kappa shape index (κ1) is 24.2. The third-order valence-corrected chi connectivity index (χ3v) is 7.89. The van der Waals surface area contributed by atoms with Crippen LogP contribution in [0, 0.1) is 11.3 Å². The van der Waals surface area contributed by atoms with Gasteiger partial charge in [0.15, 0.2) is 11.5 Å².